The quantitative estimate of drug-likeness (QED) is 0.856. The van der Waals surface area contributed by atoms with Crippen LogP contribution in [0.1, 0.15) is 6.92 Å². The Hall–Kier alpha value is -0.880. The lowest BCUT2D eigenvalue weighted by molar-refractivity contribution is -0.119. The molecular weight excluding hydrogens is 295 g/mol. The number of anilines is 1. The van der Waals surface area contributed by atoms with Gasteiger partial charge >= 0.3 is 0 Å². The fourth-order valence-corrected chi connectivity index (χ4v) is 1.77. The van der Waals surface area contributed by atoms with Crippen LogP contribution >= 0.6 is 27.5 Å². The molecule has 0 aliphatic carbocycles. The van der Waals surface area contributed by atoms with E-state index >= 15 is 0 Å². The van der Waals surface area contributed by atoms with Crippen LogP contribution in [0.5, 0.6) is 0 Å². The molecule has 0 bridgehead atoms. The number of carbonyl (C=O) groups excluding carboxylic acids is 1. The zero-order chi connectivity index (χ0) is 12.1. The largest absolute Gasteiger partial charge is 0.355 e. The molecule has 1 heterocycles. The highest BCUT2D eigenvalue weighted by atomic mass is 79.9. The number of likely N-dealkylation sites (N-methyl/N-ethyl adjacent to an activating group) is 2. The highest BCUT2D eigenvalue weighted by Crippen LogP contribution is 2.22. The maximum absolute atomic E-state index is 11.4. The zero-order valence-corrected chi connectivity index (χ0v) is 11.3. The third-order valence-electron chi connectivity index (χ3n) is 1.81. The van der Waals surface area contributed by atoms with Crippen molar-refractivity contribution in [3.05, 3.63) is 16.0 Å². The average Bonchev–Trinajstić information content (AvgIpc) is 2.21. The lowest BCUT2D eigenvalue weighted by Crippen LogP contribution is -2.35. The van der Waals surface area contributed by atoms with Crippen molar-refractivity contribution in [2.24, 2.45) is 0 Å². The van der Waals surface area contributed by atoms with Gasteiger partial charge in [-0.25, -0.2) is 4.98 Å². The molecular formula is C9H12BrClN4O. The summed E-state index contributed by atoms with van der Waals surface area (Å²) < 4.78 is 0.698. The van der Waals surface area contributed by atoms with Gasteiger partial charge in [0.15, 0.2) is 0 Å². The highest BCUT2D eigenvalue weighted by Gasteiger charge is 2.12. The number of nitrogens with zero attached hydrogens (tertiary/aromatic N) is 3. The Kier molecular flexibility index (Phi) is 4.95. The Bertz CT molecular complexity index is 388. The number of rotatable bonds is 4. The predicted octanol–water partition coefficient (Wildman–Crippen LogP) is 1.46. The highest BCUT2D eigenvalue weighted by molar-refractivity contribution is 9.10. The van der Waals surface area contributed by atoms with Crippen LogP contribution in [-0.4, -0.2) is 36.0 Å². The first-order valence-electron chi connectivity index (χ1n) is 4.70. The second-order valence-corrected chi connectivity index (χ2v) is 4.31. The molecule has 0 atom stereocenters. The molecule has 1 amide bonds. The summed E-state index contributed by atoms with van der Waals surface area (Å²) in [7, 11) is 1.76. The number of halogens is 2. The van der Waals surface area contributed by atoms with Crippen LogP contribution in [0.3, 0.4) is 0 Å². The monoisotopic (exact) mass is 306 g/mol. The summed E-state index contributed by atoms with van der Waals surface area (Å²) in [5, 5.41) is 2.86. The van der Waals surface area contributed by atoms with E-state index in [0.717, 1.165) is 0 Å². The molecule has 0 aliphatic rings. The van der Waals surface area contributed by atoms with Gasteiger partial charge in [-0.15, -0.1) is 0 Å². The Morgan fingerprint density at radius 1 is 1.69 bits per heavy atom. The van der Waals surface area contributed by atoms with Gasteiger partial charge < -0.3 is 10.2 Å². The number of nitrogens with one attached hydrogen (secondary N) is 1. The van der Waals surface area contributed by atoms with E-state index in [9.17, 15) is 4.79 Å². The molecule has 0 fully saturated rings. The van der Waals surface area contributed by atoms with Gasteiger partial charge in [0.25, 0.3) is 0 Å². The van der Waals surface area contributed by atoms with E-state index in [4.69, 9.17) is 11.6 Å². The second kappa shape index (κ2) is 6.00. The van der Waals surface area contributed by atoms with Crippen LogP contribution in [0.15, 0.2) is 10.7 Å². The molecule has 1 aromatic heterocycles. The third kappa shape index (κ3) is 3.61. The van der Waals surface area contributed by atoms with Crippen molar-refractivity contribution in [2.75, 3.05) is 25.0 Å². The summed E-state index contributed by atoms with van der Waals surface area (Å²) in [5.41, 5.74) is 0. The molecule has 0 unspecified atom stereocenters. The Labute approximate surface area is 107 Å². The summed E-state index contributed by atoms with van der Waals surface area (Å²) in [4.78, 5) is 20.9. The van der Waals surface area contributed by atoms with E-state index in [1.165, 1.54) is 0 Å². The van der Waals surface area contributed by atoms with Crippen LogP contribution in [-0.2, 0) is 4.79 Å². The first-order valence-corrected chi connectivity index (χ1v) is 5.87. The van der Waals surface area contributed by atoms with Crippen LogP contribution in [0.25, 0.3) is 0 Å². The van der Waals surface area contributed by atoms with Crippen molar-refractivity contribution in [3.8, 4) is 0 Å². The van der Waals surface area contributed by atoms with Crippen LogP contribution in [0.2, 0.25) is 5.28 Å². The Morgan fingerprint density at radius 3 is 3.00 bits per heavy atom. The molecule has 5 nitrogen and oxygen atoms in total. The fourth-order valence-electron chi connectivity index (χ4n) is 1.15. The molecule has 1 aromatic rings. The van der Waals surface area contributed by atoms with Gasteiger partial charge in [-0.3, -0.25) is 4.79 Å². The maximum Gasteiger partial charge on any atom is 0.239 e. The average molecular weight is 308 g/mol. The van der Waals surface area contributed by atoms with Crippen molar-refractivity contribution in [1.29, 1.82) is 0 Å². The van der Waals surface area contributed by atoms with E-state index in [0.29, 0.717) is 16.8 Å². The van der Waals surface area contributed by atoms with E-state index in [2.05, 4.69) is 31.2 Å². The molecule has 1 rings (SSSR count). The Morgan fingerprint density at radius 2 is 2.38 bits per heavy atom. The summed E-state index contributed by atoms with van der Waals surface area (Å²) in [6, 6.07) is 0. The molecule has 0 radical (unpaired) electrons. The van der Waals surface area contributed by atoms with Gasteiger partial charge in [-0.2, -0.15) is 4.98 Å². The van der Waals surface area contributed by atoms with E-state index < -0.39 is 0 Å². The minimum absolute atomic E-state index is 0.0633. The summed E-state index contributed by atoms with van der Waals surface area (Å²) in [6.07, 6.45) is 1.55. The molecule has 0 saturated heterocycles. The first kappa shape index (κ1) is 13.2. The minimum atomic E-state index is -0.0633. The lowest BCUT2D eigenvalue weighted by atomic mass is 10.4. The van der Waals surface area contributed by atoms with Crippen molar-refractivity contribution in [3.63, 3.8) is 0 Å². The maximum atomic E-state index is 11.4. The van der Waals surface area contributed by atoms with Crippen molar-refractivity contribution >= 4 is 39.3 Å². The first-order chi connectivity index (χ1) is 7.54. The van der Waals surface area contributed by atoms with Gasteiger partial charge in [0.2, 0.25) is 11.2 Å². The molecule has 0 spiro atoms. The smallest absolute Gasteiger partial charge is 0.239 e. The minimum Gasteiger partial charge on any atom is -0.355 e. The molecule has 0 saturated carbocycles. The van der Waals surface area contributed by atoms with E-state index in [-0.39, 0.29) is 17.7 Å². The summed E-state index contributed by atoms with van der Waals surface area (Å²) >= 11 is 8.99. The van der Waals surface area contributed by atoms with Gasteiger partial charge in [0, 0.05) is 19.8 Å². The van der Waals surface area contributed by atoms with Crippen molar-refractivity contribution in [2.45, 2.75) is 6.92 Å². The topological polar surface area (TPSA) is 58.1 Å². The number of amides is 1. The van der Waals surface area contributed by atoms with Gasteiger partial charge in [-0.05, 0) is 34.5 Å². The van der Waals surface area contributed by atoms with Gasteiger partial charge in [-0.1, -0.05) is 0 Å². The van der Waals surface area contributed by atoms with Crippen molar-refractivity contribution in [1.82, 2.24) is 15.3 Å². The molecule has 0 aromatic carbocycles. The second-order valence-electron chi connectivity index (χ2n) is 3.12. The summed E-state index contributed by atoms with van der Waals surface area (Å²) in [5.74, 6) is 0.526. The van der Waals surface area contributed by atoms with Crippen molar-refractivity contribution < 1.29 is 4.79 Å². The number of hydrogen-bond donors (Lipinski definition) is 1. The van der Waals surface area contributed by atoms with E-state index in [1.54, 1.807) is 18.1 Å². The Balaban J connectivity index is 2.76. The van der Waals surface area contributed by atoms with Crippen LogP contribution in [0, 0.1) is 0 Å². The van der Waals surface area contributed by atoms with Gasteiger partial charge in [0.1, 0.15) is 5.82 Å². The normalized spacial score (nSPS) is 10.0. The summed E-state index contributed by atoms with van der Waals surface area (Å²) in [6.45, 7) is 2.70. The SMILES string of the molecule is CCNC(=O)CN(C)c1nc(Cl)ncc1Br. The number of hydrogen-bond acceptors (Lipinski definition) is 4. The predicted molar refractivity (Wildman–Crippen MR) is 66.7 cm³/mol. The third-order valence-corrected chi connectivity index (χ3v) is 2.55. The zero-order valence-electron chi connectivity index (χ0n) is 9.00. The van der Waals surface area contributed by atoms with Crippen LogP contribution in [0.4, 0.5) is 5.82 Å². The molecule has 7 heteroatoms. The van der Waals surface area contributed by atoms with Gasteiger partial charge in [0.05, 0.1) is 11.0 Å². The molecule has 1 N–H and O–H groups in total. The number of carbonyl (C=O) groups is 1. The number of aromatic nitrogens is 2. The van der Waals surface area contributed by atoms with Crippen LogP contribution < -0.4 is 10.2 Å². The fraction of sp³-hybridized carbons (Fsp3) is 0.444. The molecule has 0 aliphatic heterocycles. The lowest BCUT2D eigenvalue weighted by Gasteiger charge is -2.18. The molecule has 88 valence electrons. The molecule has 16 heavy (non-hydrogen) atoms. The standard InChI is InChI=1S/C9H12BrClN4O/c1-3-12-7(16)5-15(2)8-6(10)4-13-9(11)14-8/h4H,3,5H2,1-2H3,(H,12,16). The van der Waals surface area contributed by atoms with E-state index in [1.807, 2.05) is 6.92 Å².